The number of aliphatic hydroxyl groups is 2. The summed E-state index contributed by atoms with van der Waals surface area (Å²) >= 11 is 0. The molecule has 5 N–H and O–H groups in total. The monoisotopic (exact) mass is 599 g/mol. The molecule has 0 aliphatic carbocycles. The van der Waals surface area contributed by atoms with E-state index in [0.29, 0.717) is 24.0 Å². The van der Waals surface area contributed by atoms with Crippen LogP contribution >= 0.6 is 0 Å². The number of amides is 3. The minimum atomic E-state index is -1.59. The summed E-state index contributed by atoms with van der Waals surface area (Å²) in [4.78, 5) is 43.5. The van der Waals surface area contributed by atoms with Crippen LogP contribution in [0.4, 0.5) is 0 Å². The average molecular weight is 600 g/mol. The van der Waals surface area contributed by atoms with Gasteiger partial charge in [0.2, 0.25) is 5.91 Å². The number of benzene rings is 2. The van der Waals surface area contributed by atoms with Crippen molar-refractivity contribution in [3.05, 3.63) is 102 Å². The smallest absolute Gasteiger partial charge is 0.253 e. The number of hydrogen-bond acceptors (Lipinski definition) is 7. The average Bonchev–Trinajstić information content (AvgIpc) is 3.06. The van der Waals surface area contributed by atoms with Gasteiger partial charge < -0.3 is 26.2 Å². The molecule has 0 radical (unpaired) electrons. The van der Waals surface area contributed by atoms with Gasteiger partial charge in [0, 0.05) is 18.0 Å². The molecule has 0 saturated heterocycles. The van der Waals surface area contributed by atoms with Crippen LogP contribution in [-0.4, -0.2) is 63.3 Å². The minimum absolute atomic E-state index is 0.149. The number of rotatable bonds is 17. The van der Waals surface area contributed by atoms with Crippen LogP contribution in [0, 0.1) is 11.3 Å². The Kier molecular flexibility index (Phi) is 14.0. The summed E-state index contributed by atoms with van der Waals surface area (Å²) in [6, 6.07) is 19.6. The second-order valence-corrected chi connectivity index (χ2v) is 10.7. The highest BCUT2D eigenvalue weighted by molar-refractivity contribution is 5.97. The SMILES string of the molecule is CCCCCC[C@@H](NC(=O)c1cccnc1)C(=O)N[C@@H](Cc1ccccc1)[C@@H](O)[C@H](O)[C@@H](CC#N)NC(=O)c1ccccc1. The van der Waals surface area contributed by atoms with Crippen LogP contribution < -0.4 is 16.0 Å². The van der Waals surface area contributed by atoms with E-state index >= 15 is 0 Å². The quantitative estimate of drug-likeness (QED) is 0.149. The standard InChI is InChI=1S/C34H41N5O5/c1-2-3-4-11-18-28(38-33(43)26-17-12-21-36-23-26)34(44)39-29(22-24-13-7-5-8-14-24)31(41)30(40)27(19-20-35)37-32(42)25-15-9-6-10-16-25/h5-10,12-17,21,23,27-31,40-41H,2-4,11,18-19,22H2,1H3,(H,37,42)(H,38,43)(H,39,44)/t27-,28-,29+,30-,31-/m1/s1. The predicted molar refractivity (Wildman–Crippen MR) is 166 cm³/mol. The van der Waals surface area contributed by atoms with E-state index in [1.807, 2.05) is 36.4 Å². The zero-order valence-corrected chi connectivity index (χ0v) is 24.9. The lowest BCUT2D eigenvalue weighted by Gasteiger charge is -2.33. The van der Waals surface area contributed by atoms with Crippen molar-refractivity contribution >= 4 is 17.7 Å². The summed E-state index contributed by atoms with van der Waals surface area (Å²) in [6.45, 7) is 2.08. The molecule has 1 heterocycles. The number of pyridine rings is 1. The lowest BCUT2D eigenvalue weighted by atomic mass is 9.92. The molecule has 3 aromatic rings. The van der Waals surface area contributed by atoms with Gasteiger partial charge in [-0.2, -0.15) is 5.26 Å². The van der Waals surface area contributed by atoms with E-state index in [1.165, 1.54) is 6.20 Å². The van der Waals surface area contributed by atoms with Gasteiger partial charge in [0.05, 0.1) is 30.1 Å². The zero-order valence-electron chi connectivity index (χ0n) is 24.9. The van der Waals surface area contributed by atoms with Crippen molar-refractivity contribution in [3.8, 4) is 6.07 Å². The summed E-state index contributed by atoms with van der Waals surface area (Å²) in [5.41, 5.74) is 1.43. The first-order valence-corrected chi connectivity index (χ1v) is 15.0. The normalized spacial score (nSPS) is 14.2. The first-order valence-electron chi connectivity index (χ1n) is 15.0. The second kappa shape index (κ2) is 18.2. The summed E-state index contributed by atoms with van der Waals surface area (Å²) in [7, 11) is 0. The Morgan fingerprint density at radius 3 is 2.07 bits per heavy atom. The molecule has 10 nitrogen and oxygen atoms in total. The van der Waals surface area contributed by atoms with Crippen molar-refractivity contribution < 1.29 is 24.6 Å². The van der Waals surface area contributed by atoms with Gasteiger partial charge in [0.1, 0.15) is 18.2 Å². The van der Waals surface area contributed by atoms with E-state index in [0.717, 1.165) is 24.8 Å². The maximum Gasteiger partial charge on any atom is 0.253 e. The van der Waals surface area contributed by atoms with Gasteiger partial charge in [0.25, 0.3) is 11.8 Å². The highest BCUT2D eigenvalue weighted by Crippen LogP contribution is 2.15. The van der Waals surface area contributed by atoms with Crippen LogP contribution in [-0.2, 0) is 11.2 Å². The van der Waals surface area contributed by atoms with Crippen molar-refractivity contribution in [2.24, 2.45) is 0 Å². The number of nitrogens with one attached hydrogen (secondary N) is 3. The molecule has 0 aliphatic heterocycles. The van der Waals surface area contributed by atoms with Gasteiger partial charge in [0.15, 0.2) is 0 Å². The van der Waals surface area contributed by atoms with E-state index in [4.69, 9.17) is 0 Å². The number of carbonyl (C=O) groups excluding carboxylic acids is 3. The molecule has 5 atom stereocenters. The molecule has 3 amide bonds. The molecular weight excluding hydrogens is 558 g/mol. The van der Waals surface area contributed by atoms with Crippen molar-refractivity contribution in [3.63, 3.8) is 0 Å². The molecule has 10 heteroatoms. The molecule has 0 fully saturated rings. The maximum absolute atomic E-state index is 13.7. The molecule has 3 rings (SSSR count). The fourth-order valence-electron chi connectivity index (χ4n) is 4.86. The third kappa shape index (κ3) is 10.6. The Morgan fingerprint density at radius 2 is 1.43 bits per heavy atom. The van der Waals surface area contributed by atoms with Gasteiger partial charge in [-0.25, -0.2) is 0 Å². The van der Waals surface area contributed by atoms with Crippen molar-refractivity contribution in [2.45, 2.75) is 82.2 Å². The number of nitrogens with zero attached hydrogens (tertiary/aromatic N) is 2. The summed E-state index contributed by atoms with van der Waals surface area (Å²) in [5, 5.41) is 40.4. The molecule has 2 aromatic carbocycles. The Hall–Kier alpha value is -4.59. The third-order valence-corrected chi connectivity index (χ3v) is 7.36. The van der Waals surface area contributed by atoms with E-state index in [2.05, 4.69) is 27.9 Å². The molecule has 0 saturated carbocycles. The number of carbonyl (C=O) groups is 3. The second-order valence-electron chi connectivity index (χ2n) is 10.7. The lowest BCUT2D eigenvalue weighted by Crippen LogP contribution is -2.59. The number of aliphatic hydroxyl groups excluding tert-OH is 2. The molecule has 232 valence electrons. The first-order chi connectivity index (χ1) is 21.3. The molecular formula is C34H41N5O5. The molecule has 0 bridgehead atoms. The van der Waals surface area contributed by atoms with Crippen LogP contribution in [0.15, 0.2) is 85.2 Å². The first kappa shape index (κ1) is 33.9. The Bertz CT molecular complexity index is 1350. The van der Waals surface area contributed by atoms with Crippen LogP contribution in [0.25, 0.3) is 0 Å². The van der Waals surface area contributed by atoms with Gasteiger partial charge >= 0.3 is 0 Å². The fourth-order valence-corrected chi connectivity index (χ4v) is 4.86. The topological polar surface area (TPSA) is 164 Å². The minimum Gasteiger partial charge on any atom is -0.388 e. The van der Waals surface area contributed by atoms with Gasteiger partial charge in [-0.05, 0) is 42.7 Å². The van der Waals surface area contributed by atoms with Crippen LogP contribution in [0.3, 0.4) is 0 Å². The summed E-state index contributed by atoms with van der Waals surface area (Å²) in [5.74, 6) is -1.48. The molecule has 0 unspecified atom stereocenters. The van der Waals surface area contributed by atoms with Crippen molar-refractivity contribution in [2.75, 3.05) is 0 Å². The summed E-state index contributed by atoms with van der Waals surface area (Å²) < 4.78 is 0. The van der Waals surface area contributed by atoms with Gasteiger partial charge in [-0.15, -0.1) is 0 Å². The third-order valence-electron chi connectivity index (χ3n) is 7.36. The number of nitriles is 1. The number of aromatic nitrogens is 1. The van der Waals surface area contributed by atoms with Crippen molar-refractivity contribution in [1.29, 1.82) is 5.26 Å². The Labute approximate surface area is 258 Å². The van der Waals surface area contributed by atoms with E-state index < -0.39 is 48.1 Å². The highest BCUT2D eigenvalue weighted by atomic mass is 16.3. The van der Waals surface area contributed by atoms with Crippen LogP contribution in [0.5, 0.6) is 0 Å². The van der Waals surface area contributed by atoms with E-state index in [9.17, 15) is 29.9 Å². The highest BCUT2D eigenvalue weighted by Gasteiger charge is 2.35. The lowest BCUT2D eigenvalue weighted by molar-refractivity contribution is -0.125. The Morgan fingerprint density at radius 1 is 0.795 bits per heavy atom. The maximum atomic E-state index is 13.7. The Balaban J connectivity index is 1.82. The fraction of sp³-hybridized carbons (Fsp3) is 0.382. The number of unbranched alkanes of at least 4 members (excludes halogenated alkanes) is 3. The van der Waals surface area contributed by atoms with E-state index in [1.54, 1.807) is 48.7 Å². The molecule has 0 spiro atoms. The van der Waals surface area contributed by atoms with Gasteiger partial charge in [-0.3, -0.25) is 19.4 Å². The molecule has 44 heavy (non-hydrogen) atoms. The molecule has 0 aliphatic rings. The predicted octanol–water partition coefficient (Wildman–Crippen LogP) is 3.31. The number of hydrogen-bond donors (Lipinski definition) is 5. The van der Waals surface area contributed by atoms with Crippen LogP contribution in [0.1, 0.15) is 71.7 Å². The van der Waals surface area contributed by atoms with E-state index in [-0.39, 0.29) is 12.8 Å². The molecule has 1 aromatic heterocycles. The summed E-state index contributed by atoms with van der Waals surface area (Å²) in [6.07, 6.45) is 3.63. The zero-order chi connectivity index (χ0) is 31.7. The van der Waals surface area contributed by atoms with Gasteiger partial charge in [-0.1, -0.05) is 81.1 Å². The largest absolute Gasteiger partial charge is 0.388 e. The van der Waals surface area contributed by atoms with Crippen molar-refractivity contribution in [1.82, 2.24) is 20.9 Å². The van der Waals surface area contributed by atoms with Crippen LogP contribution in [0.2, 0.25) is 0 Å².